The Kier molecular flexibility index (Phi) is 7.34. The minimum Gasteiger partial charge on any atom is -0.497 e. The number of halogens is 1. The predicted octanol–water partition coefficient (Wildman–Crippen LogP) is 4.32. The number of benzene rings is 2. The first-order valence-corrected chi connectivity index (χ1v) is 11.9. The smallest absolute Gasteiger partial charge is 0.229 e. The lowest BCUT2D eigenvalue weighted by molar-refractivity contribution is 0.393. The average Bonchev–Trinajstić information content (AvgIpc) is 2.76. The Morgan fingerprint density at radius 3 is 2.27 bits per heavy atom. The molecule has 176 valence electrons. The van der Waals surface area contributed by atoms with E-state index in [2.05, 4.69) is 25.3 Å². The summed E-state index contributed by atoms with van der Waals surface area (Å²) in [7, 11) is 1.08. The van der Waals surface area contributed by atoms with Crippen LogP contribution in [0.25, 0.3) is 0 Å². The molecule has 3 aromatic rings. The van der Waals surface area contributed by atoms with Crippen molar-refractivity contribution < 1.29 is 22.6 Å². The van der Waals surface area contributed by atoms with Crippen LogP contribution in [0.1, 0.15) is 5.56 Å². The highest BCUT2D eigenvalue weighted by atomic mass is 35.5. The molecule has 3 rings (SSSR count). The van der Waals surface area contributed by atoms with Gasteiger partial charge in [0.15, 0.2) is 5.82 Å². The molecule has 12 heteroatoms. The van der Waals surface area contributed by atoms with Gasteiger partial charge in [0.2, 0.25) is 16.0 Å². The van der Waals surface area contributed by atoms with Crippen LogP contribution in [-0.4, -0.2) is 46.0 Å². The lowest BCUT2D eigenvalue weighted by Gasteiger charge is -2.16. The highest BCUT2D eigenvalue weighted by Crippen LogP contribution is 2.35. The molecule has 0 amide bonds. The van der Waals surface area contributed by atoms with Crippen molar-refractivity contribution in [2.24, 2.45) is 0 Å². The lowest BCUT2D eigenvalue weighted by Crippen LogP contribution is -2.11. The van der Waals surface area contributed by atoms with E-state index < -0.39 is 10.0 Å². The molecule has 0 aliphatic rings. The van der Waals surface area contributed by atoms with Crippen molar-refractivity contribution in [3.8, 4) is 17.2 Å². The number of hydrogen-bond donors (Lipinski definition) is 3. The number of nitrogens with one attached hydrogen (secondary N) is 3. The van der Waals surface area contributed by atoms with E-state index in [1.54, 1.807) is 38.5 Å². The van der Waals surface area contributed by atoms with Crippen LogP contribution in [0.2, 0.25) is 5.02 Å². The van der Waals surface area contributed by atoms with E-state index in [9.17, 15) is 8.42 Å². The maximum absolute atomic E-state index is 11.8. The Hall–Kier alpha value is -3.44. The lowest BCUT2D eigenvalue weighted by atomic mass is 10.2. The molecule has 0 radical (unpaired) electrons. The third-order valence-corrected chi connectivity index (χ3v) is 5.35. The van der Waals surface area contributed by atoms with Crippen LogP contribution in [0.3, 0.4) is 0 Å². The van der Waals surface area contributed by atoms with Gasteiger partial charge in [-0.2, -0.15) is 4.98 Å². The fourth-order valence-electron chi connectivity index (χ4n) is 2.96. The molecule has 0 atom stereocenters. The van der Waals surface area contributed by atoms with Crippen LogP contribution in [0.4, 0.5) is 28.8 Å². The van der Waals surface area contributed by atoms with Crippen molar-refractivity contribution in [3.63, 3.8) is 0 Å². The zero-order valence-corrected chi connectivity index (χ0v) is 20.3. The largest absolute Gasteiger partial charge is 0.497 e. The Bertz CT molecular complexity index is 1270. The second-order valence-electron chi connectivity index (χ2n) is 6.95. The van der Waals surface area contributed by atoms with E-state index in [1.165, 1.54) is 13.3 Å². The van der Waals surface area contributed by atoms with Crippen LogP contribution < -0.4 is 29.6 Å². The minimum absolute atomic E-state index is 0.236. The van der Waals surface area contributed by atoms with Crippen molar-refractivity contribution in [1.82, 2.24) is 9.97 Å². The molecular weight excluding hydrogens is 470 g/mol. The van der Waals surface area contributed by atoms with Crippen molar-refractivity contribution in [1.29, 1.82) is 0 Å². The highest BCUT2D eigenvalue weighted by molar-refractivity contribution is 7.92. The van der Waals surface area contributed by atoms with E-state index in [1.807, 2.05) is 13.0 Å². The maximum Gasteiger partial charge on any atom is 0.229 e. The van der Waals surface area contributed by atoms with E-state index in [4.69, 9.17) is 25.8 Å². The Morgan fingerprint density at radius 2 is 1.64 bits per heavy atom. The van der Waals surface area contributed by atoms with E-state index in [0.29, 0.717) is 28.6 Å². The summed E-state index contributed by atoms with van der Waals surface area (Å²) in [5.74, 6) is 2.21. The molecular formula is C21H24ClN5O5S. The van der Waals surface area contributed by atoms with E-state index in [0.717, 1.165) is 11.8 Å². The molecule has 0 saturated heterocycles. The molecule has 0 bridgehead atoms. The fraction of sp³-hybridized carbons (Fsp3) is 0.238. The fourth-order valence-corrected chi connectivity index (χ4v) is 3.67. The number of nitrogens with zero attached hydrogens (tertiary/aromatic N) is 2. The topological polar surface area (TPSA) is 124 Å². The van der Waals surface area contributed by atoms with Crippen LogP contribution >= 0.6 is 11.6 Å². The molecule has 0 aliphatic carbocycles. The number of rotatable bonds is 9. The van der Waals surface area contributed by atoms with E-state index in [-0.39, 0.29) is 22.5 Å². The zero-order chi connectivity index (χ0) is 24.2. The van der Waals surface area contributed by atoms with Crippen molar-refractivity contribution in [3.05, 3.63) is 47.1 Å². The maximum atomic E-state index is 11.8. The molecule has 1 aromatic heterocycles. The van der Waals surface area contributed by atoms with Gasteiger partial charge in [-0.3, -0.25) is 4.72 Å². The van der Waals surface area contributed by atoms with Gasteiger partial charge >= 0.3 is 0 Å². The van der Waals surface area contributed by atoms with Gasteiger partial charge in [-0.25, -0.2) is 13.4 Å². The molecule has 10 nitrogen and oxygen atoms in total. The van der Waals surface area contributed by atoms with Gasteiger partial charge in [-0.1, -0.05) is 11.6 Å². The van der Waals surface area contributed by atoms with Gasteiger partial charge in [0.05, 0.1) is 50.8 Å². The van der Waals surface area contributed by atoms with Gasteiger partial charge in [0.1, 0.15) is 22.3 Å². The third kappa shape index (κ3) is 6.08. The van der Waals surface area contributed by atoms with E-state index >= 15 is 0 Å². The first kappa shape index (κ1) is 24.2. The summed E-state index contributed by atoms with van der Waals surface area (Å²) < 4.78 is 42.0. The van der Waals surface area contributed by atoms with Gasteiger partial charge in [-0.05, 0) is 30.7 Å². The Balaban J connectivity index is 1.95. The number of sulfonamides is 1. The minimum atomic E-state index is -3.54. The number of aromatic nitrogens is 2. The molecule has 0 unspecified atom stereocenters. The standard InChI is InChI=1S/C21H24ClN5O5S/c1-12-8-17(19(32-4)10-18(12)31-3)25-21-23-11-14(22)20(26-21)24-15-7-6-13(30-2)9-16(15)27-33(5,28)29/h6-11,27H,1-5H3,(H2,23,24,25,26). The summed E-state index contributed by atoms with van der Waals surface area (Å²) in [4.78, 5) is 8.65. The SMILES string of the molecule is COc1ccc(Nc2nc(Nc3cc(C)c(OC)cc3OC)ncc2Cl)c(NS(C)(=O)=O)c1. The molecule has 0 aliphatic heterocycles. The van der Waals surface area contributed by atoms with Gasteiger partial charge in [0, 0.05) is 12.1 Å². The second-order valence-corrected chi connectivity index (χ2v) is 9.10. The molecule has 0 spiro atoms. The van der Waals surface area contributed by atoms with Crippen LogP contribution in [0.5, 0.6) is 17.2 Å². The number of hydrogen-bond acceptors (Lipinski definition) is 9. The van der Waals surface area contributed by atoms with Gasteiger partial charge < -0.3 is 24.8 Å². The molecule has 3 N–H and O–H groups in total. The molecule has 33 heavy (non-hydrogen) atoms. The highest BCUT2D eigenvalue weighted by Gasteiger charge is 2.14. The molecule has 1 heterocycles. The molecule has 0 saturated carbocycles. The van der Waals surface area contributed by atoms with Crippen molar-refractivity contribution in [2.45, 2.75) is 6.92 Å². The van der Waals surface area contributed by atoms with Crippen LogP contribution in [0.15, 0.2) is 36.5 Å². The quantitative estimate of drug-likeness (QED) is 0.399. The summed E-state index contributed by atoms with van der Waals surface area (Å²) in [6, 6.07) is 8.47. The number of aryl methyl sites for hydroxylation is 1. The van der Waals surface area contributed by atoms with Crippen LogP contribution in [-0.2, 0) is 10.0 Å². The van der Waals surface area contributed by atoms with Crippen LogP contribution in [0, 0.1) is 6.92 Å². The predicted molar refractivity (Wildman–Crippen MR) is 129 cm³/mol. The first-order valence-electron chi connectivity index (χ1n) is 9.58. The van der Waals surface area contributed by atoms with Crippen molar-refractivity contribution in [2.75, 3.05) is 42.9 Å². The normalized spacial score (nSPS) is 11.0. The first-order chi connectivity index (χ1) is 15.6. The summed E-state index contributed by atoms with van der Waals surface area (Å²) in [6.07, 6.45) is 2.48. The Morgan fingerprint density at radius 1 is 0.909 bits per heavy atom. The number of methoxy groups -OCH3 is 3. The average molecular weight is 494 g/mol. The summed E-state index contributed by atoms with van der Waals surface area (Å²) in [5.41, 5.74) is 2.22. The molecule has 2 aromatic carbocycles. The second kappa shape index (κ2) is 10.0. The van der Waals surface area contributed by atoms with Gasteiger partial charge in [-0.15, -0.1) is 0 Å². The number of ether oxygens (including phenoxy) is 3. The third-order valence-electron chi connectivity index (χ3n) is 4.48. The molecule has 0 fully saturated rings. The Labute approximate surface area is 197 Å². The summed E-state index contributed by atoms with van der Waals surface area (Å²) in [6.45, 7) is 1.90. The monoisotopic (exact) mass is 493 g/mol. The van der Waals surface area contributed by atoms with Crippen molar-refractivity contribution >= 4 is 50.5 Å². The summed E-state index contributed by atoms with van der Waals surface area (Å²) >= 11 is 6.30. The van der Waals surface area contributed by atoms with Gasteiger partial charge in [0.25, 0.3) is 0 Å². The number of anilines is 5. The zero-order valence-electron chi connectivity index (χ0n) is 18.7. The summed E-state index contributed by atoms with van der Waals surface area (Å²) in [5, 5.41) is 6.39.